The van der Waals surface area contributed by atoms with Crippen LogP contribution in [0.5, 0.6) is 5.75 Å². The third-order valence-corrected chi connectivity index (χ3v) is 3.45. The molecule has 0 unspecified atom stereocenters. The van der Waals surface area contributed by atoms with Crippen molar-refractivity contribution in [1.82, 2.24) is 5.32 Å². The Morgan fingerprint density at radius 3 is 2.62 bits per heavy atom. The van der Waals surface area contributed by atoms with Crippen LogP contribution in [0.15, 0.2) is 42.5 Å². The average Bonchev–Trinajstić information content (AvgIpc) is 2.50. The lowest BCUT2D eigenvalue weighted by molar-refractivity contribution is 0.305. The number of benzene rings is 2. The van der Waals surface area contributed by atoms with Crippen molar-refractivity contribution in [3.63, 3.8) is 0 Å². The molecule has 0 heterocycles. The van der Waals surface area contributed by atoms with Crippen LogP contribution >= 0.6 is 11.6 Å². The maximum atomic E-state index is 13.2. The second-order valence-electron chi connectivity index (χ2n) is 4.85. The first-order valence-electron chi connectivity index (χ1n) is 7.05. The predicted octanol–water partition coefficient (Wildman–Crippen LogP) is 4.56. The van der Waals surface area contributed by atoms with Crippen LogP contribution in [0.4, 0.5) is 4.39 Å². The van der Waals surface area contributed by atoms with Gasteiger partial charge in [0.25, 0.3) is 0 Å². The van der Waals surface area contributed by atoms with E-state index in [0.717, 1.165) is 25.3 Å². The van der Waals surface area contributed by atoms with E-state index in [0.29, 0.717) is 10.6 Å². The van der Waals surface area contributed by atoms with Gasteiger partial charge in [-0.05, 0) is 48.9 Å². The fourth-order valence-corrected chi connectivity index (χ4v) is 2.10. The lowest BCUT2D eigenvalue weighted by atomic mass is 10.2. The molecule has 2 rings (SSSR count). The molecular formula is C17H19ClFNO. The number of rotatable bonds is 7. The molecule has 0 bridgehead atoms. The fraction of sp³-hybridized carbons (Fsp3) is 0.294. The first-order chi connectivity index (χ1) is 10.2. The predicted molar refractivity (Wildman–Crippen MR) is 84.2 cm³/mol. The van der Waals surface area contributed by atoms with Gasteiger partial charge in [0.1, 0.15) is 18.2 Å². The van der Waals surface area contributed by atoms with Crippen molar-refractivity contribution < 1.29 is 9.13 Å². The summed E-state index contributed by atoms with van der Waals surface area (Å²) in [5.74, 6) is 0.435. The summed E-state index contributed by atoms with van der Waals surface area (Å²) in [6.45, 7) is 4.26. The van der Waals surface area contributed by atoms with Crippen LogP contribution in [0.1, 0.15) is 24.5 Å². The van der Waals surface area contributed by atoms with E-state index in [1.807, 2.05) is 24.3 Å². The quantitative estimate of drug-likeness (QED) is 0.757. The van der Waals surface area contributed by atoms with Crippen molar-refractivity contribution in [3.8, 4) is 5.75 Å². The summed E-state index contributed by atoms with van der Waals surface area (Å²) < 4.78 is 18.8. The lowest BCUT2D eigenvalue weighted by Gasteiger charge is -2.09. The number of ether oxygens (including phenoxy) is 1. The number of nitrogens with one attached hydrogen (secondary N) is 1. The second kappa shape index (κ2) is 8.01. The smallest absolute Gasteiger partial charge is 0.123 e. The third kappa shape index (κ3) is 5.03. The molecule has 2 nitrogen and oxygen atoms in total. The van der Waals surface area contributed by atoms with Crippen LogP contribution in [0.25, 0.3) is 0 Å². The molecular weight excluding hydrogens is 289 g/mol. The van der Waals surface area contributed by atoms with Crippen LogP contribution < -0.4 is 10.1 Å². The number of halogens is 2. The van der Waals surface area contributed by atoms with Crippen molar-refractivity contribution in [2.24, 2.45) is 0 Å². The highest BCUT2D eigenvalue weighted by Crippen LogP contribution is 2.20. The zero-order chi connectivity index (χ0) is 15.1. The van der Waals surface area contributed by atoms with Gasteiger partial charge in [-0.3, -0.25) is 0 Å². The van der Waals surface area contributed by atoms with Crippen LogP contribution in [0.2, 0.25) is 5.02 Å². The largest absolute Gasteiger partial charge is 0.489 e. The van der Waals surface area contributed by atoms with Gasteiger partial charge in [0.2, 0.25) is 0 Å². The van der Waals surface area contributed by atoms with E-state index in [1.165, 1.54) is 23.8 Å². The molecule has 21 heavy (non-hydrogen) atoms. The Morgan fingerprint density at radius 2 is 1.90 bits per heavy atom. The molecule has 0 aliphatic heterocycles. The minimum atomic E-state index is -0.310. The van der Waals surface area contributed by atoms with Crippen molar-refractivity contribution in [2.75, 3.05) is 6.54 Å². The Kier molecular flexibility index (Phi) is 6.03. The van der Waals surface area contributed by atoms with E-state index in [2.05, 4.69) is 12.2 Å². The molecule has 0 fully saturated rings. The second-order valence-corrected chi connectivity index (χ2v) is 5.25. The van der Waals surface area contributed by atoms with Gasteiger partial charge < -0.3 is 10.1 Å². The molecule has 0 atom stereocenters. The molecule has 0 spiro atoms. The van der Waals surface area contributed by atoms with E-state index in [1.54, 1.807) is 0 Å². The first-order valence-corrected chi connectivity index (χ1v) is 7.43. The highest BCUT2D eigenvalue weighted by molar-refractivity contribution is 6.31. The topological polar surface area (TPSA) is 21.3 Å². The molecule has 0 saturated carbocycles. The minimum absolute atomic E-state index is 0.254. The maximum absolute atomic E-state index is 13.2. The first kappa shape index (κ1) is 15.8. The minimum Gasteiger partial charge on any atom is -0.489 e. The van der Waals surface area contributed by atoms with E-state index in [4.69, 9.17) is 16.3 Å². The summed E-state index contributed by atoms with van der Waals surface area (Å²) in [6, 6.07) is 12.1. The summed E-state index contributed by atoms with van der Waals surface area (Å²) in [7, 11) is 0. The monoisotopic (exact) mass is 307 g/mol. The van der Waals surface area contributed by atoms with Crippen LogP contribution in [0.3, 0.4) is 0 Å². The van der Waals surface area contributed by atoms with E-state index >= 15 is 0 Å². The Bertz CT molecular complexity index is 572. The van der Waals surface area contributed by atoms with E-state index < -0.39 is 0 Å². The highest BCUT2D eigenvalue weighted by atomic mass is 35.5. The third-order valence-electron chi connectivity index (χ3n) is 3.08. The lowest BCUT2D eigenvalue weighted by Crippen LogP contribution is -2.13. The van der Waals surface area contributed by atoms with Crippen LogP contribution in [-0.4, -0.2) is 6.54 Å². The fourth-order valence-electron chi connectivity index (χ4n) is 1.93. The van der Waals surface area contributed by atoms with Crippen LogP contribution in [0, 0.1) is 5.82 Å². The number of hydrogen-bond acceptors (Lipinski definition) is 2. The Balaban J connectivity index is 1.90. The van der Waals surface area contributed by atoms with Gasteiger partial charge in [-0.1, -0.05) is 30.7 Å². The van der Waals surface area contributed by atoms with Gasteiger partial charge in [0.05, 0.1) is 0 Å². The molecule has 0 radical (unpaired) electrons. The zero-order valence-corrected chi connectivity index (χ0v) is 12.8. The van der Waals surface area contributed by atoms with Gasteiger partial charge in [0, 0.05) is 17.1 Å². The van der Waals surface area contributed by atoms with E-state index in [9.17, 15) is 4.39 Å². The van der Waals surface area contributed by atoms with Gasteiger partial charge >= 0.3 is 0 Å². The molecule has 112 valence electrons. The van der Waals surface area contributed by atoms with Crippen molar-refractivity contribution in [2.45, 2.75) is 26.5 Å². The summed E-state index contributed by atoms with van der Waals surface area (Å²) in [5, 5.41) is 3.85. The summed E-state index contributed by atoms with van der Waals surface area (Å²) in [4.78, 5) is 0. The average molecular weight is 308 g/mol. The summed E-state index contributed by atoms with van der Waals surface area (Å²) >= 11 is 6.00. The van der Waals surface area contributed by atoms with Crippen LogP contribution in [-0.2, 0) is 13.2 Å². The summed E-state index contributed by atoms with van der Waals surface area (Å²) in [5.41, 5.74) is 1.85. The van der Waals surface area contributed by atoms with Crippen molar-refractivity contribution in [3.05, 3.63) is 64.4 Å². The van der Waals surface area contributed by atoms with E-state index in [-0.39, 0.29) is 12.4 Å². The highest BCUT2D eigenvalue weighted by Gasteiger charge is 2.03. The number of hydrogen-bond donors (Lipinski definition) is 1. The zero-order valence-electron chi connectivity index (χ0n) is 12.0. The summed E-state index contributed by atoms with van der Waals surface area (Å²) in [6.07, 6.45) is 1.12. The van der Waals surface area contributed by atoms with Crippen molar-refractivity contribution >= 4 is 11.6 Å². The molecule has 0 aromatic heterocycles. The standard InChI is InChI=1S/C17H19ClFNO/c1-2-9-20-11-13-3-6-16(7-4-13)21-12-14-10-15(19)5-8-17(14)18/h3-8,10,20H,2,9,11-12H2,1H3. The molecule has 1 N–H and O–H groups in total. The maximum Gasteiger partial charge on any atom is 0.123 e. The SMILES string of the molecule is CCCNCc1ccc(OCc2cc(F)ccc2Cl)cc1. The normalized spacial score (nSPS) is 10.6. The van der Waals surface area contributed by atoms with Crippen molar-refractivity contribution in [1.29, 1.82) is 0 Å². The molecule has 0 aliphatic rings. The molecule has 2 aromatic rings. The van der Waals surface area contributed by atoms with Gasteiger partial charge in [-0.2, -0.15) is 0 Å². The van der Waals surface area contributed by atoms with Gasteiger partial charge in [0.15, 0.2) is 0 Å². The molecule has 0 amide bonds. The Hall–Kier alpha value is -1.58. The van der Waals surface area contributed by atoms with Gasteiger partial charge in [-0.25, -0.2) is 4.39 Å². The Labute approximate surface area is 129 Å². The molecule has 4 heteroatoms. The Morgan fingerprint density at radius 1 is 1.14 bits per heavy atom. The molecule has 2 aromatic carbocycles. The molecule has 0 saturated heterocycles. The molecule has 0 aliphatic carbocycles. The van der Waals surface area contributed by atoms with Gasteiger partial charge in [-0.15, -0.1) is 0 Å².